The summed E-state index contributed by atoms with van der Waals surface area (Å²) in [5.74, 6) is -0.823. The molecule has 1 aromatic rings. The van der Waals surface area contributed by atoms with E-state index in [0.29, 0.717) is 6.42 Å². The van der Waals surface area contributed by atoms with Crippen LogP contribution in [-0.2, 0) is 4.79 Å². The first-order chi connectivity index (χ1) is 6.18. The molecule has 0 aliphatic heterocycles. The third kappa shape index (κ3) is 1.59. The minimum absolute atomic E-state index is 0.0295. The van der Waals surface area contributed by atoms with Crippen molar-refractivity contribution in [3.63, 3.8) is 0 Å². The lowest BCUT2D eigenvalue weighted by atomic mass is 10.1. The lowest BCUT2D eigenvalue weighted by Gasteiger charge is -1.96. The van der Waals surface area contributed by atoms with E-state index >= 15 is 0 Å². The Morgan fingerprint density at radius 3 is 2.38 bits per heavy atom. The van der Waals surface area contributed by atoms with Crippen molar-refractivity contribution in [1.82, 2.24) is 0 Å². The predicted octanol–water partition coefficient (Wildman–Crippen LogP) is 2.43. The molecule has 1 aromatic carbocycles. The van der Waals surface area contributed by atoms with E-state index in [0.717, 1.165) is 5.56 Å². The Labute approximate surface area is 74.4 Å². The van der Waals surface area contributed by atoms with Crippen molar-refractivity contribution in [3.05, 3.63) is 35.6 Å². The third-order valence-electron chi connectivity index (χ3n) is 2.38. The standard InChI is InChI=1S/C10H8F2O/c11-7-3-1-6(2-4-7)8-5-9(8)10(12)13/h1-4,8-9H,5H2/t8?,9-/m1/s1. The maximum Gasteiger partial charge on any atom is 0.305 e. The second kappa shape index (κ2) is 2.91. The van der Waals surface area contributed by atoms with E-state index in [-0.39, 0.29) is 11.7 Å². The summed E-state index contributed by atoms with van der Waals surface area (Å²) in [4.78, 5) is 10.3. The Hall–Kier alpha value is -1.25. The van der Waals surface area contributed by atoms with E-state index in [1.54, 1.807) is 12.1 Å². The van der Waals surface area contributed by atoms with Gasteiger partial charge < -0.3 is 0 Å². The van der Waals surface area contributed by atoms with Gasteiger partial charge in [-0.3, -0.25) is 4.79 Å². The molecule has 1 unspecified atom stereocenters. The van der Waals surface area contributed by atoms with Gasteiger partial charge in [-0.1, -0.05) is 12.1 Å². The molecule has 1 nitrogen and oxygen atoms in total. The smallest absolute Gasteiger partial charge is 0.261 e. The fourth-order valence-corrected chi connectivity index (χ4v) is 1.52. The highest BCUT2D eigenvalue weighted by molar-refractivity contribution is 5.76. The highest BCUT2D eigenvalue weighted by Gasteiger charge is 2.44. The van der Waals surface area contributed by atoms with E-state index in [1.165, 1.54) is 12.1 Å². The van der Waals surface area contributed by atoms with E-state index in [4.69, 9.17) is 0 Å². The number of rotatable bonds is 2. The van der Waals surface area contributed by atoms with E-state index < -0.39 is 12.0 Å². The lowest BCUT2D eigenvalue weighted by Crippen LogP contribution is -1.92. The van der Waals surface area contributed by atoms with Crippen LogP contribution in [0.4, 0.5) is 8.78 Å². The van der Waals surface area contributed by atoms with Crippen LogP contribution in [0.15, 0.2) is 24.3 Å². The molecule has 0 radical (unpaired) electrons. The molecule has 0 saturated heterocycles. The van der Waals surface area contributed by atoms with Crippen molar-refractivity contribution in [2.45, 2.75) is 12.3 Å². The number of hydrogen-bond donors (Lipinski definition) is 0. The highest BCUT2D eigenvalue weighted by atomic mass is 19.1. The maximum atomic E-state index is 12.5. The molecule has 0 N–H and O–H groups in total. The Kier molecular flexibility index (Phi) is 1.87. The Balaban J connectivity index is 2.12. The average Bonchev–Trinajstić information content (AvgIpc) is 2.85. The summed E-state index contributed by atoms with van der Waals surface area (Å²) >= 11 is 0. The van der Waals surface area contributed by atoms with Gasteiger partial charge in [0.2, 0.25) is 0 Å². The highest BCUT2D eigenvalue weighted by Crippen LogP contribution is 2.48. The van der Waals surface area contributed by atoms with Gasteiger partial charge in [-0.25, -0.2) is 4.39 Å². The summed E-state index contributed by atoms with van der Waals surface area (Å²) in [6, 6.07) is 4.60. The van der Waals surface area contributed by atoms with Crippen LogP contribution in [-0.4, -0.2) is 6.04 Å². The molecular formula is C10H8F2O. The number of carbonyl (C=O) groups is 1. The Morgan fingerprint density at radius 1 is 1.31 bits per heavy atom. The summed E-state index contributed by atoms with van der Waals surface area (Å²) < 4.78 is 24.7. The lowest BCUT2D eigenvalue weighted by molar-refractivity contribution is -0.130. The number of hydrogen-bond acceptors (Lipinski definition) is 1. The van der Waals surface area contributed by atoms with Gasteiger partial charge in [0.25, 0.3) is 0 Å². The van der Waals surface area contributed by atoms with Crippen LogP contribution in [0.25, 0.3) is 0 Å². The molecule has 1 fully saturated rings. The maximum absolute atomic E-state index is 12.5. The first kappa shape index (κ1) is 8.35. The van der Waals surface area contributed by atoms with Crippen molar-refractivity contribution < 1.29 is 13.6 Å². The molecule has 68 valence electrons. The third-order valence-corrected chi connectivity index (χ3v) is 2.38. The SMILES string of the molecule is O=C(F)[C@@H]1CC1c1ccc(F)cc1. The minimum atomic E-state index is -1.26. The van der Waals surface area contributed by atoms with E-state index in [9.17, 15) is 13.6 Å². The van der Waals surface area contributed by atoms with Gasteiger partial charge in [0.05, 0.1) is 5.92 Å². The number of carbonyl (C=O) groups excluding carboxylic acids is 1. The Morgan fingerprint density at radius 2 is 1.92 bits per heavy atom. The molecular weight excluding hydrogens is 174 g/mol. The monoisotopic (exact) mass is 182 g/mol. The summed E-state index contributed by atoms with van der Waals surface area (Å²) in [5, 5.41) is 0. The normalized spacial score (nSPS) is 25.7. The van der Waals surface area contributed by atoms with Crippen molar-refractivity contribution in [2.24, 2.45) is 5.92 Å². The van der Waals surface area contributed by atoms with Gasteiger partial charge in [0.1, 0.15) is 5.82 Å². The molecule has 0 bridgehead atoms. The van der Waals surface area contributed by atoms with Crippen LogP contribution in [0, 0.1) is 11.7 Å². The molecule has 2 rings (SSSR count). The van der Waals surface area contributed by atoms with Crippen molar-refractivity contribution in [2.75, 3.05) is 0 Å². The molecule has 1 aliphatic carbocycles. The quantitative estimate of drug-likeness (QED) is 0.642. The summed E-state index contributed by atoms with van der Waals surface area (Å²) in [5.41, 5.74) is 0.845. The fourth-order valence-electron chi connectivity index (χ4n) is 1.52. The zero-order valence-corrected chi connectivity index (χ0v) is 6.84. The van der Waals surface area contributed by atoms with Crippen molar-refractivity contribution in [3.8, 4) is 0 Å². The second-order valence-corrected chi connectivity index (χ2v) is 3.30. The first-order valence-electron chi connectivity index (χ1n) is 4.13. The molecule has 13 heavy (non-hydrogen) atoms. The Bertz CT molecular complexity index is 331. The molecule has 0 amide bonds. The van der Waals surface area contributed by atoms with E-state index in [1.807, 2.05) is 0 Å². The molecule has 0 aromatic heterocycles. The van der Waals surface area contributed by atoms with Crippen molar-refractivity contribution >= 4 is 6.04 Å². The zero-order valence-electron chi connectivity index (χ0n) is 6.84. The average molecular weight is 182 g/mol. The van der Waals surface area contributed by atoms with Gasteiger partial charge in [-0.15, -0.1) is 0 Å². The molecule has 0 spiro atoms. The largest absolute Gasteiger partial charge is 0.305 e. The van der Waals surface area contributed by atoms with Gasteiger partial charge in [0, 0.05) is 0 Å². The van der Waals surface area contributed by atoms with Gasteiger partial charge >= 0.3 is 6.04 Å². The van der Waals surface area contributed by atoms with Crippen LogP contribution in [0.2, 0.25) is 0 Å². The zero-order chi connectivity index (χ0) is 9.42. The molecule has 3 heteroatoms. The van der Waals surface area contributed by atoms with Crippen LogP contribution in [0.5, 0.6) is 0 Å². The fraction of sp³-hybridized carbons (Fsp3) is 0.300. The van der Waals surface area contributed by atoms with Crippen LogP contribution in [0.3, 0.4) is 0 Å². The van der Waals surface area contributed by atoms with Gasteiger partial charge in [0.15, 0.2) is 0 Å². The second-order valence-electron chi connectivity index (χ2n) is 3.30. The van der Waals surface area contributed by atoms with Crippen molar-refractivity contribution in [1.29, 1.82) is 0 Å². The van der Waals surface area contributed by atoms with Gasteiger partial charge in [-0.05, 0) is 30.0 Å². The predicted molar refractivity (Wildman–Crippen MR) is 43.4 cm³/mol. The van der Waals surface area contributed by atoms with E-state index in [2.05, 4.69) is 0 Å². The topological polar surface area (TPSA) is 17.1 Å². The summed E-state index contributed by atoms with van der Waals surface area (Å²) in [6.45, 7) is 0. The molecule has 0 heterocycles. The summed E-state index contributed by atoms with van der Waals surface area (Å²) in [6.07, 6.45) is 0.557. The van der Waals surface area contributed by atoms with Crippen LogP contribution < -0.4 is 0 Å². The molecule has 2 atom stereocenters. The number of benzene rings is 1. The first-order valence-corrected chi connectivity index (χ1v) is 4.13. The molecule has 1 saturated carbocycles. The van der Waals surface area contributed by atoms with Crippen LogP contribution in [0.1, 0.15) is 17.9 Å². The van der Waals surface area contributed by atoms with Crippen LogP contribution >= 0.6 is 0 Å². The summed E-state index contributed by atoms with van der Waals surface area (Å²) in [7, 11) is 0. The number of halogens is 2. The van der Waals surface area contributed by atoms with Gasteiger partial charge in [-0.2, -0.15) is 4.39 Å². The molecule has 1 aliphatic rings. The minimum Gasteiger partial charge on any atom is -0.261 e.